The minimum Gasteiger partial charge on any atom is -0.466 e. The van der Waals surface area contributed by atoms with E-state index in [9.17, 15) is 14.4 Å². The topological polar surface area (TPSA) is 102 Å². The van der Waals surface area contributed by atoms with E-state index < -0.39 is 0 Å². The molecule has 184 valence electrons. The van der Waals surface area contributed by atoms with E-state index in [1.807, 2.05) is 0 Å². The van der Waals surface area contributed by atoms with Gasteiger partial charge in [-0.15, -0.1) is 11.3 Å². The van der Waals surface area contributed by atoms with Crippen LogP contribution in [0.15, 0.2) is 6.33 Å². The summed E-state index contributed by atoms with van der Waals surface area (Å²) in [4.78, 5) is 52.0. The molecule has 0 spiro atoms. The lowest BCUT2D eigenvalue weighted by Gasteiger charge is -2.33. The first-order chi connectivity index (χ1) is 16.4. The van der Waals surface area contributed by atoms with Crippen LogP contribution in [0.3, 0.4) is 0 Å². The minimum atomic E-state index is -0.315. The summed E-state index contributed by atoms with van der Waals surface area (Å²) in [6, 6.07) is 0. The van der Waals surface area contributed by atoms with Gasteiger partial charge >= 0.3 is 11.9 Å². The highest BCUT2D eigenvalue weighted by atomic mass is 32.1. The van der Waals surface area contributed by atoms with E-state index in [4.69, 9.17) is 9.47 Å². The summed E-state index contributed by atoms with van der Waals surface area (Å²) in [5.74, 6) is -0.167. The van der Waals surface area contributed by atoms with Gasteiger partial charge in [0.1, 0.15) is 17.0 Å². The van der Waals surface area contributed by atoms with E-state index in [2.05, 4.69) is 28.7 Å². The molecule has 10 heteroatoms. The van der Waals surface area contributed by atoms with Gasteiger partial charge in [0.25, 0.3) is 5.91 Å². The predicted molar refractivity (Wildman–Crippen MR) is 129 cm³/mol. The smallest absolute Gasteiger partial charge is 0.309 e. The van der Waals surface area contributed by atoms with Crippen LogP contribution < -0.4 is 4.90 Å². The monoisotopic (exact) mass is 488 g/mol. The third kappa shape index (κ3) is 5.16. The zero-order valence-corrected chi connectivity index (χ0v) is 20.9. The molecule has 1 amide bonds. The Hall–Kier alpha value is -2.75. The summed E-state index contributed by atoms with van der Waals surface area (Å²) >= 11 is 1.68. The largest absolute Gasteiger partial charge is 0.466 e. The van der Waals surface area contributed by atoms with E-state index in [1.54, 1.807) is 29.5 Å². The van der Waals surface area contributed by atoms with Crippen LogP contribution in [0.4, 0.5) is 5.82 Å². The van der Waals surface area contributed by atoms with Crippen LogP contribution in [0.2, 0.25) is 0 Å². The van der Waals surface area contributed by atoms with E-state index in [0.29, 0.717) is 58.5 Å². The average Bonchev–Trinajstić information content (AvgIpc) is 3.16. The Balaban J connectivity index is 1.24. The molecule has 0 unspecified atom stereocenters. The van der Waals surface area contributed by atoms with E-state index in [1.165, 1.54) is 10.4 Å². The lowest BCUT2D eigenvalue weighted by Crippen LogP contribution is -2.43. The molecular formula is C24H32N4O5S. The van der Waals surface area contributed by atoms with Crippen LogP contribution in [-0.4, -0.2) is 72.1 Å². The standard InChI is InChI=1S/C24H32N4O5S/c1-4-32-23(30)17-5-9-27(10-6-17)19(29)13-33-24(31)18-7-11-28(12-8-18)21-20-15(2)16(3)34-22(20)26-14-25-21/h14,17-18H,4-13H2,1-3H3. The normalized spacial score (nSPS) is 17.7. The predicted octanol–water partition coefficient (Wildman–Crippen LogP) is 2.87. The number of anilines is 1. The molecule has 9 nitrogen and oxygen atoms in total. The zero-order valence-electron chi connectivity index (χ0n) is 20.0. The Morgan fingerprint density at radius 2 is 1.59 bits per heavy atom. The molecule has 0 bridgehead atoms. The molecule has 34 heavy (non-hydrogen) atoms. The van der Waals surface area contributed by atoms with Gasteiger partial charge in [-0.3, -0.25) is 14.4 Å². The number of aromatic nitrogens is 2. The molecule has 2 aliphatic heterocycles. The second-order valence-corrected chi connectivity index (χ2v) is 10.1. The van der Waals surface area contributed by atoms with Gasteiger partial charge in [0.05, 0.1) is 23.8 Å². The van der Waals surface area contributed by atoms with Gasteiger partial charge in [0, 0.05) is 31.1 Å². The molecule has 0 atom stereocenters. The van der Waals surface area contributed by atoms with E-state index in [0.717, 1.165) is 16.0 Å². The molecule has 2 aliphatic rings. The highest BCUT2D eigenvalue weighted by molar-refractivity contribution is 7.18. The second-order valence-electron chi connectivity index (χ2n) is 8.94. The van der Waals surface area contributed by atoms with E-state index in [-0.39, 0.29) is 36.3 Å². The van der Waals surface area contributed by atoms with Crippen molar-refractivity contribution in [3.63, 3.8) is 0 Å². The Bertz CT molecular complexity index is 1060. The molecule has 2 fully saturated rings. The molecule has 4 rings (SSSR count). The summed E-state index contributed by atoms with van der Waals surface area (Å²) in [6.07, 6.45) is 4.08. The van der Waals surface area contributed by atoms with Crippen molar-refractivity contribution in [1.29, 1.82) is 0 Å². The number of aryl methyl sites for hydroxylation is 2. The number of likely N-dealkylation sites (tertiary alicyclic amines) is 1. The van der Waals surface area contributed by atoms with Crippen LogP contribution >= 0.6 is 11.3 Å². The van der Waals surface area contributed by atoms with Crippen molar-refractivity contribution in [2.24, 2.45) is 11.8 Å². The molecule has 0 aromatic carbocycles. The van der Waals surface area contributed by atoms with Crippen LogP contribution in [0.1, 0.15) is 43.0 Å². The third-order valence-corrected chi connectivity index (χ3v) is 7.99. The maximum atomic E-state index is 12.6. The van der Waals surface area contributed by atoms with Crippen molar-refractivity contribution in [3.05, 3.63) is 16.8 Å². The molecule has 2 aromatic heterocycles. The molecule has 2 saturated heterocycles. The molecule has 0 saturated carbocycles. The van der Waals surface area contributed by atoms with Crippen LogP contribution in [0, 0.1) is 25.7 Å². The Labute approximate surface area is 203 Å². The van der Waals surface area contributed by atoms with Crippen molar-refractivity contribution < 1.29 is 23.9 Å². The first-order valence-corrected chi connectivity index (χ1v) is 12.8. The van der Waals surface area contributed by atoms with Crippen molar-refractivity contribution in [2.45, 2.75) is 46.5 Å². The Morgan fingerprint density at radius 1 is 0.971 bits per heavy atom. The van der Waals surface area contributed by atoms with Gasteiger partial charge in [-0.25, -0.2) is 9.97 Å². The summed E-state index contributed by atoms with van der Waals surface area (Å²) < 4.78 is 10.4. The number of fused-ring (bicyclic) bond motifs is 1. The average molecular weight is 489 g/mol. The van der Waals surface area contributed by atoms with Gasteiger partial charge in [-0.05, 0) is 52.0 Å². The first kappa shape index (κ1) is 24.4. The number of carbonyl (C=O) groups excluding carboxylic acids is 3. The van der Waals surface area contributed by atoms with Gasteiger partial charge in [0.15, 0.2) is 6.61 Å². The molecule has 2 aromatic rings. The molecule has 0 radical (unpaired) electrons. The van der Waals surface area contributed by atoms with E-state index >= 15 is 0 Å². The maximum absolute atomic E-state index is 12.6. The van der Waals surface area contributed by atoms with Crippen molar-refractivity contribution in [1.82, 2.24) is 14.9 Å². The number of ether oxygens (including phenoxy) is 2. The number of amides is 1. The SMILES string of the molecule is CCOC(=O)C1CCN(C(=O)COC(=O)C2CCN(c3ncnc4sc(C)c(C)c34)CC2)CC1. The fraction of sp³-hybridized carbons (Fsp3) is 0.625. The van der Waals surface area contributed by atoms with Crippen molar-refractivity contribution in [3.8, 4) is 0 Å². The van der Waals surface area contributed by atoms with Gasteiger partial charge in [-0.2, -0.15) is 0 Å². The Kier molecular flexibility index (Phi) is 7.65. The zero-order chi connectivity index (χ0) is 24.2. The highest BCUT2D eigenvalue weighted by Crippen LogP contribution is 2.35. The summed E-state index contributed by atoms with van der Waals surface area (Å²) in [5.41, 5.74) is 1.21. The van der Waals surface area contributed by atoms with Crippen molar-refractivity contribution in [2.75, 3.05) is 44.3 Å². The highest BCUT2D eigenvalue weighted by Gasteiger charge is 2.31. The first-order valence-electron chi connectivity index (χ1n) is 12.0. The molecule has 4 heterocycles. The fourth-order valence-electron chi connectivity index (χ4n) is 4.70. The Morgan fingerprint density at radius 3 is 2.24 bits per heavy atom. The van der Waals surface area contributed by atoms with Crippen LogP contribution in [0.25, 0.3) is 10.2 Å². The van der Waals surface area contributed by atoms with Gasteiger partial charge < -0.3 is 19.3 Å². The van der Waals surface area contributed by atoms with Gasteiger partial charge in [0.2, 0.25) is 0 Å². The third-order valence-electron chi connectivity index (χ3n) is 6.88. The number of piperidine rings is 2. The minimum absolute atomic E-state index is 0.158. The molecular weight excluding hydrogens is 456 g/mol. The molecule has 0 aliphatic carbocycles. The van der Waals surface area contributed by atoms with Crippen molar-refractivity contribution >= 4 is 45.2 Å². The van der Waals surface area contributed by atoms with Crippen LogP contribution in [-0.2, 0) is 23.9 Å². The summed E-state index contributed by atoms with van der Waals surface area (Å²) in [6.45, 7) is 8.46. The summed E-state index contributed by atoms with van der Waals surface area (Å²) in [5, 5.41) is 1.10. The number of nitrogens with zero attached hydrogens (tertiary/aromatic N) is 4. The fourth-order valence-corrected chi connectivity index (χ4v) is 5.69. The number of hydrogen-bond acceptors (Lipinski definition) is 9. The molecule has 0 N–H and O–H groups in total. The number of thiophene rings is 1. The van der Waals surface area contributed by atoms with Crippen LogP contribution in [0.5, 0.6) is 0 Å². The quantitative estimate of drug-likeness (QED) is 0.572. The number of rotatable bonds is 6. The number of hydrogen-bond donors (Lipinski definition) is 0. The maximum Gasteiger partial charge on any atom is 0.309 e. The van der Waals surface area contributed by atoms with Gasteiger partial charge in [-0.1, -0.05) is 0 Å². The summed E-state index contributed by atoms with van der Waals surface area (Å²) in [7, 11) is 0. The number of carbonyl (C=O) groups is 3. The number of esters is 2. The lowest BCUT2D eigenvalue weighted by atomic mass is 9.96. The lowest BCUT2D eigenvalue weighted by molar-refractivity contribution is -0.157. The second kappa shape index (κ2) is 10.7.